The molecule has 1 nitrogen and oxygen atoms in total. The Balaban J connectivity index is 1.33. The fraction of sp³-hybridized carbons (Fsp3) is 0. The van der Waals surface area contributed by atoms with Crippen LogP contribution in [-0.2, 0) is 0 Å². The van der Waals surface area contributed by atoms with Crippen molar-refractivity contribution in [2.45, 2.75) is 0 Å². The van der Waals surface area contributed by atoms with Gasteiger partial charge >= 0.3 is 0 Å². The van der Waals surface area contributed by atoms with Gasteiger partial charge in [0.25, 0.3) is 0 Å². The third-order valence-corrected chi connectivity index (χ3v) is 9.57. The van der Waals surface area contributed by atoms with Crippen LogP contribution < -0.4 is 0 Å². The van der Waals surface area contributed by atoms with Crippen molar-refractivity contribution in [3.8, 4) is 44.5 Å². The van der Waals surface area contributed by atoms with Gasteiger partial charge in [-0.2, -0.15) is 0 Å². The van der Waals surface area contributed by atoms with Crippen LogP contribution in [0, 0.1) is 0 Å². The van der Waals surface area contributed by atoms with E-state index in [0.29, 0.717) is 22.1 Å². The highest BCUT2D eigenvalue weighted by atomic mass is 16.3. The van der Waals surface area contributed by atoms with Crippen molar-refractivity contribution in [3.63, 3.8) is 0 Å². The molecule has 228 valence electrons. The van der Waals surface area contributed by atoms with Gasteiger partial charge in [0, 0.05) is 10.8 Å². The predicted octanol–water partition coefficient (Wildman–Crippen LogP) is 13.7. The van der Waals surface area contributed by atoms with E-state index in [1.165, 1.54) is 10.8 Å². The van der Waals surface area contributed by atoms with Crippen molar-refractivity contribution in [1.82, 2.24) is 0 Å². The van der Waals surface area contributed by atoms with E-state index >= 15 is 0 Å². The van der Waals surface area contributed by atoms with Gasteiger partial charge in [0.2, 0.25) is 0 Å². The molecule has 0 amide bonds. The molecule has 1 aromatic heterocycles. The summed E-state index contributed by atoms with van der Waals surface area (Å²) in [5, 5.41) is 6.50. The Morgan fingerprint density at radius 3 is 1.78 bits per heavy atom. The first-order valence-electron chi connectivity index (χ1n) is 19.4. The molecule has 0 aliphatic rings. The molecule has 0 radical (unpaired) electrons. The molecule has 0 N–H and O–H groups in total. The zero-order chi connectivity index (χ0) is 37.5. The minimum atomic E-state index is -0.311. The predicted molar refractivity (Wildman–Crippen MR) is 208 cm³/mol. The summed E-state index contributed by atoms with van der Waals surface area (Å²) in [5.74, 6) is 0. The van der Waals surface area contributed by atoms with E-state index in [9.17, 15) is 2.74 Å². The fourth-order valence-corrected chi connectivity index (χ4v) is 7.42. The van der Waals surface area contributed by atoms with E-state index in [0.717, 1.165) is 43.8 Å². The summed E-state index contributed by atoms with van der Waals surface area (Å²) in [4.78, 5) is 0. The van der Waals surface area contributed by atoms with Crippen molar-refractivity contribution in [2.24, 2.45) is 0 Å². The Morgan fingerprint density at radius 2 is 1.00 bits per heavy atom. The van der Waals surface area contributed by atoms with Crippen LogP contribution >= 0.6 is 0 Å². The second kappa shape index (κ2) is 11.1. The van der Waals surface area contributed by atoms with Crippen LogP contribution in [0.15, 0.2) is 186 Å². The van der Waals surface area contributed by atoms with E-state index in [1.54, 1.807) is 0 Å². The zero-order valence-corrected chi connectivity index (χ0v) is 26.3. The van der Waals surface area contributed by atoms with Crippen LogP contribution in [0.25, 0.3) is 98.8 Å². The normalized spacial score (nSPS) is 13.4. The van der Waals surface area contributed by atoms with E-state index in [2.05, 4.69) is 78.9 Å². The summed E-state index contributed by atoms with van der Waals surface area (Å²) in [6, 6.07) is 47.5. The maximum absolute atomic E-state index is 9.55. The van der Waals surface area contributed by atoms with Crippen molar-refractivity contribution in [1.29, 1.82) is 0 Å². The highest BCUT2D eigenvalue weighted by Crippen LogP contribution is 2.47. The molecule has 0 fully saturated rings. The standard InChI is InChI=1S/C48H30O/c1-2-13-31(14-3-1)33-27-28-44-43(30-33)48-42(25-12-26-45(48)49-44)47-40-22-8-6-20-38(40)46(39-21-7-9-23-41(39)47)35-18-10-17-34(29-35)37-24-11-16-32-15-4-5-19-36(32)37/h1-30H/i12D,25D,26D,27D,28D,30D. The quantitative estimate of drug-likeness (QED) is 0.177. The molecular weight excluding hydrogens is 593 g/mol. The third kappa shape index (κ3) is 4.40. The van der Waals surface area contributed by atoms with E-state index < -0.39 is 0 Å². The Morgan fingerprint density at radius 1 is 0.388 bits per heavy atom. The van der Waals surface area contributed by atoms with Gasteiger partial charge in [-0.25, -0.2) is 0 Å². The lowest BCUT2D eigenvalue weighted by atomic mass is 9.84. The molecule has 0 aliphatic heterocycles. The first kappa shape index (κ1) is 22.2. The van der Waals surface area contributed by atoms with E-state index in [1.807, 2.05) is 66.7 Å². The monoisotopic (exact) mass is 628 g/mol. The highest BCUT2D eigenvalue weighted by molar-refractivity contribution is 6.26. The lowest BCUT2D eigenvalue weighted by Gasteiger charge is -2.19. The summed E-state index contributed by atoms with van der Waals surface area (Å²) in [5.41, 5.74) is 6.25. The second-order valence-electron chi connectivity index (χ2n) is 12.3. The average Bonchev–Trinajstić information content (AvgIpc) is 3.63. The first-order chi connectivity index (χ1) is 26.8. The minimum absolute atomic E-state index is 0.0000803. The first-order valence-corrected chi connectivity index (χ1v) is 16.4. The summed E-state index contributed by atoms with van der Waals surface area (Å²) in [7, 11) is 0. The molecule has 1 heteroatoms. The Kier molecular flexibility index (Phi) is 5.02. The molecule has 9 aromatic carbocycles. The van der Waals surface area contributed by atoms with Gasteiger partial charge in [0.15, 0.2) is 0 Å². The number of fused-ring (bicyclic) bond motifs is 6. The molecule has 0 unspecified atom stereocenters. The van der Waals surface area contributed by atoms with Crippen molar-refractivity contribution in [2.75, 3.05) is 0 Å². The number of furan rings is 1. The zero-order valence-electron chi connectivity index (χ0n) is 32.3. The number of benzene rings is 9. The molecule has 0 saturated heterocycles. The molecule has 0 saturated carbocycles. The van der Waals surface area contributed by atoms with E-state index in [4.69, 9.17) is 9.90 Å². The van der Waals surface area contributed by atoms with Gasteiger partial charge in [0.05, 0.1) is 8.22 Å². The smallest absolute Gasteiger partial charge is 0.136 e. The number of hydrogen-bond donors (Lipinski definition) is 0. The summed E-state index contributed by atoms with van der Waals surface area (Å²) in [6.45, 7) is 0. The van der Waals surface area contributed by atoms with Crippen molar-refractivity contribution in [3.05, 3.63) is 182 Å². The van der Waals surface area contributed by atoms with Gasteiger partial charge in [-0.05, 0) is 101 Å². The van der Waals surface area contributed by atoms with Gasteiger partial charge in [-0.15, -0.1) is 0 Å². The Hall–Kier alpha value is -6.44. The van der Waals surface area contributed by atoms with Gasteiger partial charge in [-0.1, -0.05) is 158 Å². The number of hydrogen-bond acceptors (Lipinski definition) is 1. The van der Waals surface area contributed by atoms with Crippen LogP contribution in [0.4, 0.5) is 0 Å². The van der Waals surface area contributed by atoms with Crippen LogP contribution in [0.1, 0.15) is 8.22 Å². The highest BCUT2D eigenvalue weighted by Gasteiger charge is 2.21. The lowest BCUT2D eigenvalue weighted by molar-refractivity contribution is 0.669. The summed E-state index contributed by atoms with van der Waals surface area (Å²) in [6.07, 6.45) is 0. The molecule has 0 atom stereocenters. The van der Waals surface area contributed by atoms with Gasteiger partial charge in [-0.3, -0.25) is 0 Å². The molecule has 0 bridgehead atoms. The van der Waals surface area contributed by atoms with Gasteiger partial charge < -0.3 is 4.42 Å². The molecule has 10 rings (SSSR count). The lowest BCUT2D eigenvalue weighted by Crippen LogP contribution is -1.92. The maximum Gasteiger partial charge on any atom is 0.136 e. The Labute approximate surface area is 292 Å². The largest absolute Gasteiger partial charge is 0.456 e. The molecule has 10 aromatic rings. The molecule has 1 heterocycles. The summed E-state index contributed by atoms with van der Waals surface area (Å²) < 4.78 is 61.3. The minimum Gasteiger partial charge on any atom is -0.456 e. The SMILES string of the molecule is [2H]c1c(-c2ccccc2)c([2H])c2c(oc3c([2H])c([2H])c([2H])c(-c4c5ccccc5c(-c5cccc(-c6cccc7ccccc67)c5)c5ccccc45)c32)c1[2H]. The van der Waals surface area contributed by atoms with Crippen molar-refractivity contribution >= 4 is 54.3 Å². The van der Waals surface area contributed by atoms with Crippen LogP contribution in [0.3, 0.4) is 0 Å². The van der Waals surface area contributed by atoms with E-state index in [-0.39, 0.29) is 58.4 Å². The van der Waals surface area contributed by atoms with Crippen LogP contribution in [-0.4, -0.2) is 0 Å². The third-order valence-electron chi connectivity index (χ3n) is 9.57. The number of rotatable bonds is 4. The average molecular weight is 629 g/mol. The fourth-order valence-electron chi connectivity index (χ4n) is 7.42. The van der Waals surface area contributed by atoms with Gasteiger partial charge in [0.1, 0.15) is 11.2 Å². The van der Waals surface area contributed by atoms with Crippen LogP contribution in [0.5, 0.6) is 0 Å². The summed E-state index contributed by atoms with van der Waals surface area (Å²) >= 11 is 0. The topological polar surface area (TPSA) is 13.1 Å². The molecule has 0 aliphatic carbocycles. The molecular formula is C48H30O. The van der Waals surface area contributed by atoms with Crippen molar-refractivity contribution < 1.29 is 12.6 Å². The second-order valence-corrected chi connectivity index (χ2v) is 12.3. The maximum atomic E-state index is 9.55. The Bertz CT molecular complexity index is 3160. The molecule has 49 heavy (non-hydrogen) atoms. The van der Waals surface area contributed by atoms with Crippen LogP contribution in [0.2, 0.25) is 0 Å². The molecule has 0 spiro atoms.